The highest BCUT2D eigenvalue weighted by Gasteiger charge is 2.39. The Bertz CT molecular complexity index is 198. The van der Waals surface area contributed by atoms with Gasteiger partial charge in [0.15, 0.2) is 4.93 Å². The molecule has 1 spiro atoms. The fraction of sp³-hybridized carbons (Fsp3) is 0.800. The SMILES string of the molecule is CC1=C(C)SC2(CCCCC2)O1. The van der Waals surface area contributed by atoms with E-state index in [4.69, 9.17) is 4.74 Å². The molecule has 1 saturated carbocycles. The molecule has 1 nitrogen and oxygen atoms in total. The van der Waals surface area contributed by atoms with Crippen LogP contribution in [0.1, 0.15) is 46.0 Å². The predicted octanol–water partition coefficient (Wildman–Crippen LogP) is 3.66. The lowest BCUT2D eigenvalue weighted by Gasteiger charge is -2.32. The number of hydrogen-bond donors (Lipinski definition) is 0. The van der Waals surface area contributed by atoms with Gasteiger partial charge in [-0.15, -0.1) is 0 Å². The van der Waals surface area contributed by atoms with Crippen LogP contribution in [0.5, 0.6) is 0 Å². The van der Waals surface area contributed by atoms with Crippen LogP contribution in [0.3, 0.4) is 0 Å². The van der Waals surface area contributed by atoms with Crippen LogP contribution in [0.2, 0.25) is 0 Å². The second kappa shape index (κ2) is 2.99. The third-order valence-corrected chi connectivity index (χ3v) is 4.25. The lowest BCUT2D eigenvalue weighted by Crippen LogP contribution is -2.27. The zero-order chi connectivity index (χ0) is 8.60. The molecule has 2 rings (SSSR count). The third kappa shape index (κ3) is 1.37. The van der Waals surface area contributed by atoms with Crippen molar-refractivity contribution in [3.05, 3.63) is 10.7 Å². The molecular weight excluding hydrogens is 168 g/mol. The Balaban J connectivity index is 2.07. The van der Waals surface area contributed by atoms with Gasteiger partial charge >= 0.3 is 0 Å². The Hall–Kier alpha value is -0.110. The molecule has 1 aliphatic heterocycles. The van der Waals surface area contributed by atoms with Crippen molar-refractivity contribution >= 4 is 11.8 Å². The van der Waals surface area contributed by atoms with E-state index in [1.165, 1.54) is 37.0 Å². The number of allylic oxidation sites excluding steroid dienone is 2. The van der Waals surface area contributed by atoms with Crippen molar-refractivity contribution in [2.45, 2.75) is 50.9 Å². The molecule has 0 radical (unpaired) electrons. The molecule has 0 saturated heterocycles. The predicted molar refractivity (Wildman–Crippen MR) is 52.9 cm³/mol. The van der Waals surface area contributed by atoms with Gasteiger partial charge in [-0.1, -0.05) is 18.2 Å². The van der Waals surface area contributed by atoms with Crippen LogP contribution in [0.25, 0.3) is 0 Å². The molecule has 0 atom stereocenters. The van der Waals surface area contributed by atoms with E-state index >= 15 is 0 Å². The van der Waals surface area contributed by atoms with Gasteiger partial charge in [0.1, 0.15) is 5.76 Å². The zero-order valence-electron chi connectivity index (χ0n) is 7.85. The van der Waals surface area contributed by atoms with E-state index in [0.717, 1.165) is 5.76 Å². The maximum atomic E-state index is 5.94. The summed E-state index contributed by atoms with van der Waals surface area (Å²) < 4.78 is 5.94. The highest BCUT2D eigenvalue weighted by atomic mass is 32.2. The zero-order valence-corrected chi connectivity index (χ0v) is 8.67. The van der Waals surface area contributed by atoms with Gasteiger partial charge in [-0.3, -0.25) is 0 Å². The lowest BCUT2D eigenvalue weighted by molar-refractivity contribution is 0.0595. The van der Waals surface area contributed by atoms with E-state index in [1.807, 2.05) is 11.8 Å². The maximum Gasteiger partial charge on any atom is 0.158 e. The summed E-state index contributed by atoms with van der Waals surface area (Å²) in [6.07, 6.45) is 6.56. The average molecular weight is 184 g/mol. The first-order valence-corrected chi connectivity index (χ1v) is 5.59. The van der Waals surface area contributed by atoms with Crippen LogP contribution < -0.4 is 0 Å². The highest BCUT2D eigenvalue weighted by molar-refractivity contribution is 8.04. The summed E-state index contributed by atoms with van der Waals surface area (Å²) in [7, 11) is 0. The van der Waals surface area contributed by atoms with Gasteiger partial charge in [0, 0.05) is 4.91 Å². The molecule has 68 valence electrons. The van der Waals surface area contributed by atoms with E-state index in [1.54, 1.807) is 0 Å². The minimum atomic E-state index is 0.159. The van der Waals surface area contributed by atoms with Gasteiger partial charge in [0.05, 0.1) is 0 Å². The number of thioether (sulfide) groups is 1. The molecule has 0 amide bonds. The molecule has 0 aromatic carbocycles. The number of hydrogen-bond acceptors (Lipinski definition) is 2. The largest absolute Gasteiger partial charge is 0.480 e. The van der Waals surface area contributed by atoms with E-state index in [2.05, 4.69) is 13.8 Å². The fourth-order valence-electron chi connectivity index (χ4n) is 2.02. The Labute approximate surface area is 78.6 Å². The molecule has 12 heavy (non-hydrogen) atoms. The van der Waals surface area contributed by atoms with Crippen LogP contribution in [0.4, 0.5) is 0 Å². The number of ether oxygens (including phenoxy) is 1. The second-order valence-corrected chi connectivity index (χ2v) is 5.35. The Morgan fingerprint density at radius 3 is 2.33 bits per heavy atom. The summed E-state index contributed by atoms with van der Waals surface area (Å²) >= 11 is 1.95. The summed E-state index contributed by atoms with van der Waals surface area (Å²) in [5, 5.41) is 0. The minimum absolute atomic E-state index is 0.159. The molecular formula is C10H16OS. The van der Waals surface area contributed by atoms with Crippen molar-refractivity contribution < 1.29 is 4.74 Å². The summed E-state index contributed by atoms with van der Waals surface area (Å²) in [6, 6.07) is 0. The van der Waals surface area contributed by atoms with Crippen molar-refractivity contribution in [3.8, 4) is 0 Å². The molecule has 0 N–H and O–H groups in total. The Morgan fingerprint density at radius 2 is 1.83 bits per heavy atom. The molecule has 0 bridgehead atoms. The molecule has 2 aliphatic rings. The molecule has 2 heteroatoms. The van der Waals surface area contributed by atoms with Crippen molar-refractivity contribution in [1.29, 1.82) is 0 Å². The molecule has 1 fully saturated rings. The quantitative estimate of drug-likeness (QED) is 0.568. The van der Waals surface area contributed by atoms with Crippen LogP contribution in [0.15, 0.2) is 10.7 Å². The van der Waals surface area contributed by atoms with E-state index in [0.29, 0.717) is 0 Å². The van der Waals surface area contributed by atoms with Crippen LogP contribution in [-0.4, -0.2) is 4.93 Å². The number of rotatable bonds is 0. The highest BCUT2D eigenvalue weighted by Crippen LogP contribution is 2.51. The lowest BCUT2D eigenvalue weighted by atomic mass is 9.97. The van der Waals surface area contributed by atoms with E-state index in [9.17, 15) is 0 Å². The average Bonchev–Trinajstić information content (AvgIpc) is 2.29. The molecule has 0 unspecified atom stereocenters. The topological polar surface area (TPSA) is 9.23 Å². The fourth-order valence-corrected chi connectivity index (χ4v) is 3.42. The van der Waals surface area contributed by atoms with Crippen LogP contribution >= 0.6 is 11.8 Å². The van der Waals surface area contributed by atoms with Crippen molar-refractivity contribution in [3.63, 3.8) is 0 Å². The van der Waals surface area contributed by atoms with Crippen LogP contribution in [-0.2, 0) is 4.74 Å². The molecule has 1 heterocycles. The minimum Gasteiger partial charge on any atom is -0.480 e. The standard InChI is InChI=1S/C10H16OS/c1-8-9(2)12-10(11-8)6-4-3-5-7-10/h3-7H2,1-2H3. The normalized spacial score (nSPS) is 27.8. The van der Waals surface area contributed by atoms with Gasteiger partial charge < -0.3 is 4.74 Å². The van der Waals surface area contributed by atoms with Gasteiger partial charge in [0.2, 0.25) is 0 Å². The monoisotopic (exact) mass is 184 g/mol. The molecule has 0 aromatic rings. The first-order chi connectivity index (χ1) is 5.72. The summed E-state index contributed by atoms with van der Waals surface area (Å²) in [5.74, 6) is 1.15. The van der Waals surface area contributed by atoms with Gasteiger partial charge in [-0.25, -0.2) is 0 Å². The second-order valence-electron chi connectivity index (χ2n) is 3.79. The first-order valence-electron chi connectivity index (χ1n) is 4.77. The van der Waals surface area contributed by atoms with Gasteiger partial charge in [-0.05, 0) is 39.5 Å². The smallest absolute Gasteiger partial charge is 0.158 e. The summed E-state index contributed by atoms with van der Waals surface area (Å²) in [5.41, 5.74) is 0. The summed E-state index contributed by atoms with van der Waals surface area (Å²) in [4.78, 5) is 1.55. The molecule has 1 aliphatic carbocycles. The van der Waals surface area contributed by atoms with Gasteiger partial charge in [0.25, 0.3) is 0 Å². The Kier molecular flexibility index (Phi) is 2.11. The van der Waals surface area contributed by atoms with E-state index < -0.39 is 0 Å². The van der Waals surface area contributed by atoms with Crippen molar-refractivity contribution in [2.75, 3.05) is 0 Å². The van der Waals surface area contributed by atoms with E-state index in [-0.39, 0.29) is 4.93 Å². The summed E-state index contributed by atoms with van der Waals surface area (Å²) in [6.45, 7) is 4.26. The molecule has 0 aromatic heterocycles. The third-order valence-electron chi connectivity index (χ3n) is 2.79. The van der Waals surface area contributed by atoms with Crippen LogP contribution in [0, 0.1) is 0 Å². The Morgan fingerprint density at radius 1 is 1.17 bits per heavy atom. The van der Waals surface area contributed by atoms with Gasteiger partial charge in [-0.2, -0.15) is 0 Å². The van der Waals surface area contributed by atoms with Crippen molar-refractivity contribution in [1.82, 2.24) is 0 Å². The maximum absolute atomic E-state index is 5.94. The first kappa shape index (κ1) is 8.49. The van der Waals surface area contributed by atoms with Crippen molar-refractivity contribution in [2.24, 2.45) is 0 Å².